The lowest BCUT2D eigenvalue weighted by Crippen LogP contribution is -1.98. The highest BCUT2D eigenvalue weighted by atomic mass is 15.0. The van der Waals surface area contributed by atoms with Gasteiger partial charge in [0.05, 0.1) is 46.0 Å². The van der Waals surface area contributed by atoms with E-state index >= 15 is 0 Å². The maximum Gasteiger partial charge on any atom is 0.188 e. The summed E-state index contributed by atoms with van der Waals surface area (Å²) in [4.78, 5) is 3.68. The SMILES string of the molecule is [C-]#[N+]c1ccc2c(c1)c1ccccc1n2-c1ccccc1-c1ccc(-c2cccc(-n3c4ccccc4c4ccccc43)c2)c(C#N)c1. The molecule has 0 N–H and O–H groups in total. The quantitative estimate of drug-likeness (QED) is 0.183. The Kier molecular flexibility index (Phi) is 6.22. The van der Waals surface area contributed by atoms with Gasteiger partial charge in [-0.05, 0) is 76.7 Å². The Bertz CT molecular complexity index is 2760. The summed E-state index contributed by atoms with van der Waals surface area (Å²) in [5.74, 6) is 0. The Hall–Kier alpha value is -6.88. The van der Waals surface area contributed by atoms with Gasteiger partial charge in [0.1, 0.15) is 0 Å². The normalized spacial score (nSPS) is 11.3. The van der Waals surface area contributed by atoms with Crippen molar-refractivity contribution in [2.45, 2.75) is 0 Å². The van der Waals surface area contributed by atoms with E-state index in [-0.39, 0.29) is 0 Å². The third kappa shape index (κ3) is 4.14. The molecule has 0 amide bonds. The lowest BCUT2D eigenvalue weighted by Gasteiger charge is -2.15. The molecule has 9 rings (SSSR count). The number of benzene rings is 7. The zero-order chi connectivity index (χ0) is 32.2. The summed E-state index contributed by atoms with van der Waals surface area (Å²) < 4.78 is 4.57. The molecule has 222 valence electrons. The van der Waals surface area contributed by atoms with E-state index in [1.165, 1.54) is 10.8 Å². The summed E-state index contributed by atoms with van der Waals surface area (Å²) in [5, 5.41) is 15.1. The van der Waals surface area contributed by atoms with Gasteiger partial charge in [0.25, 0.3) is 0 Å². The molecule has 48 heavy (non-hydrogen) atoms. The van der Waals surface area contributed by atoms with Gasteiger partial charge in [-0.1, -0.05) is 103 Å². The zero-order valence-corrected chi connectivity index (χ0v) is 25.8. The van der Waals surface area contributed by atoms with Crippen LogP contribution in [0.1, 0.15) is 5.56 Å². The summed E-state index contributed by atoms with van der Waals surface area (Å²) in [5.41, 5.74) is 11.6. The van der Waals surface area contributed by atoms with Crippen molar-refractivity contribution in [1.29, 1.82) is 5.26 Å². The lowest BCUT2D eigenvalue weighted by atomic mass is 9.94. The fraction of sp³-hybridized carbons (Fsp3) is 0. The number of nitrogens with zero attached hydrogens (tertiary/aromatic N) is 4. The fourth-order valence-electron chi connectivity index (χ4n) is 7.27. The van der Waals surface area contributed by atoms with E-state index in [4.69, 9.17) is 6.57 Å². The van der Waals surface area contributed by atoms with Crippen LogP contribution in [0.2, 0.25) is 0 Å². The zero-order valence-electron chi connectivity index (χ0n) is 25.8. The molecule has 0 aliphatic carbocycles. The first-order valence-electron chi connectivity index (χ1n) is 15.9. The number of hydrogen-bond acceptors (Lipinski definition) is 1. The lowest BCUT2D eigenvalue weighted by molar-refractivity contribution is 1.18. The van der Waals surface area contributed by atoms with Crippen LogP contribution < -0.4 is 0 Å². The van der Waals surface area contributed by atoms with Crippen LogP contribution in [-0.2, 0) is 0 Å². The molecule has 2 heterocycles. The van der Waals surface area contributed by atoms with Crippen LogP contribution in [0.3, 0.4) is 0 Å². The summed E-state index contributed by atoms with van der Waals surface area (Å²) in [6, 6.07) is 56.7. The molecular weight excluding hydrogens is 585 g/mol. The number of para-hydroxylation sites is 4. The molecule has 0 aliphatic heterocycles. The number of hydrogen-bond donors (Lipinski definition) is 0. The van der Waals surface area contributed by atoms with Crippen LogP contribution in [0.5, 0.6) is 0 Å². The minimum absolute atomic E-state index is 0.616. The maximum atomic E-state index is 10.5. The molecule has 0 atom stereocenters. The number of fused-ring (bicyclic) bond motifs is 6. The highest BCUT2D eigenvalue weighted by molar-refractivity contribution is 6.11. The van der Waals surface area contributed by atoms with E-state index in [0.717, 1.165) is 66.5 Å². The Morgan fingerprint density at radius 1 is 0.479 bits per heavy atom. The average Bonchev–Trinajstić information content (AvgIpc) is 3.67. The van der Waals surface area contributed by atoms with E-state index in [9.17, 15) is 5.26 Å². The standard InChI is InChI=1S/C44H26N4/c1-46-32-22-24-44-39(27-32)38-16-5-9-20-43(38)48(44)40-17-6-2-13-35(40)30-21-23-34(31(25-30)28-45)29-11-10-12-33(26-29)47-41-18-7-3-14-36(41)37-15-4-8-19-42(37)47/h2-27H. The Balaban J connectivity index is 1.19. The van der Waals surface area contributed by atoms with Crippen LogP contribution in [-0.4, -0.2) is 9.13 Å². The molecule has 0 saturated heterocycles. The van der Waals surface area contributed by atoms with Gasteiger partial charge in [0.2, 0.25) is 0 Å². The predicted molar refractivity (Wildman–Crippen MR) is 197 cm³/mol. The van der Waals surface area contributed by atoms with Crippen molar-refractivity contribution in [3.05, 3.63) is 175 Å². The van der Waals surface area contributed by atoms with Crippen molar-refractivity contribution in [2.75, 3.05) is 0 Å². The van der Waals surface area contributed by atoms with Crippen LogP contribution in [0.4, 0.5) is 5.69 Å². The third-order valence-corrected chi connectivity index (χ3v) is 9.38. The topological polar surface area (TPSA) is 38.0 Å². The average molecular weight is 611 g/mol. The van der Waals surface area contributed by atoms with Crippen molar-refractivity contribution >= 4 is 49.3 Å². The highest BCUT2D eigenvalue weighted by Gasteiger charge is 2.18. The molecule has 0 bridgehead atoms. The minimum atomic E-state index is 0.616. The molecule has 0 unspecified atom stereocenters. The van der Waals surface area contributed by atoms with E-state index in [1.807, 2.05) is 48.5 Å². The first kappa shape index (κ1) is 27.4. The van der Waals surface area contributed by atoms with Gasteiger partial charge in [-0.2, -0.15) is 5.26 Å². The maximum absolute atomic E-state index is 10.5. The highest BCUT2D eigenvalue weighted by Crippen LogP contribution is 2.39. The molecule has 4 nitrogen and oxygen atoms in total. The van der Waals surface area contributed by atoms with Gasteiger partial charge in [-0.15, -0.1) is 0 Å². The minimum Gasteiger partial charge on any atom is -0.309 e. The van der Waals surface area contributed by atoms with Gasteiger partial charge < -0.3 is 9.13 Å². The summed E-state index contributed by atoms with van der Waals surface area (Å²) >= 11 is 0. The van der Waals surface area contributed by atoms with Crippen LogP contribution in [0.15, 0.2) is 158 Å². The second-order valence-corrected chi connectivity index (χ2v) is 12.0. The Labute approximate surface area is 277 Å². The largest absolute Gasteiger partial charge is 0.309 e. The van der Waals surface area contributed by atoms with Gasteiger partial charge in [0.15, 0.2) is 5.69 Å². The fourth-order valence-corrected chi connectivity index (χ4v) is 7.27. The Morgan fingerprint density at radius 3 is 1.79 bits per heavy atom. The molecule has 2 aromatic heterocycles. The van der Waals surface area contributed by atoms with Gasteiger partial charge in [-0.3, -0.25) is 0 Å². The van der Waals surface area contributed by atoms with Gasteiger partial charge in [-0.25, -0.2) is 4.85 Å². The van der Waals surface area contributed by atoms with Crippen molar-refractivity contribution < 1.29 is 0 Å². The summed E-state index contributed by atoms with van der Waals surface area (Å²) in [6.07, 6.45) is 0. The molecule has 0 aliphatic rings. The monoisotopic (exact) mass is 610 g/mol. The number of aromatic nitrogens is 2. The van der Waals surface area contributed by atoms with Crippen molar-refractivity contribution in [2.24, 2.45) is 0 Å². The molecule has 0 radical (unpaired) electrons. The molecule has 0 saturated carbocycles. The van der Waals surface area contributed by atoms with Crippen molar-refractivity contribution in [3.63, 3.8) is 0 Å². The van der Waals surface area contributed by atoms with Crippen LogP contribution >= 0.6 is 0 Å². The number of rotatable bonds is 4. The van der Waals surface area contributed by atoms with E-state index < -0.39 is 0 Å². The molecular formula is C44H26N4. The predicted octanol–water partition coefficient (Wildman–Crippen LogP) is 11.6. The van der Waals surface area contributed by atoms with Crippen molar-refractivity contribution in [3.8, 4) is 39.7 Å². The van der Waals surface area contributed by atoms with Gasteiger partial charge >= 0.3 is 0 Å². The smallest absolute Gasteiger partial charge is 0.188 e. The summed E-state index contributed by atoms with van der Waals surface area (Å²) in [6.45, 7) is 7.56. The second-order valence-electron chi connectivity index (χ2n) is 12.0. The van der Waals surface area contributed by atoms with Crippen molar-refractivity contribution in [1.82, 2.24) is 9.13 Å². The third-order valence-electron chi connectivity index (χ3n) is 9.38. The van der Waals surface area contributed by atoms with E-state index in [1.54, 1.807) is 0 Å². The van der Waals surface area contributed by atoms with E-state index in [0.29, 0.717) is 11.3 Å². The van der Waals surface area contributed by atoms with Crippen LogP contribution in [0, 0.1) is 17.9 Å². The van der Waals surface area contributed by atoms with Gasteiger partial charge in [0, 0.05) is 27.4 Å². The second kappa shape index (κ2) is 10.9. The molecule has 7 aromatic carbocycles. The number of nitriles is 1. The van der Waals surface area contributed by atoms with Crippen LogP contribution in [0.25, 0.3) is 82.1 Å². The molecule has 0 spiro atoms. The molecule has 4 heteroatoms. The first-order chi connectivity index (χ1) is 23.7. The Morgan fingerprint density at radius 2 is 1.08 bits per heavy atom. The molecule has 0 fully saturated rings. The van der Waals surface area contributed by atoms with E-state index in [2.05, 4.69) is 129 Å². The first-order valence-corrected chi connectivity index (χ1v) is 15.9. The summed E-state index contributed by atoms with van der Waals surface area (Å²) in [7, 11) is 0. The molecule has 9 aromatic rings.